The van der Waals surface area contributed by atoms with E-state index in [0.717, 1.165) is 58.0 Å². The molecule has 3 heterocycles. The van der Waals surface area contributed by atoms with E-state index < -0.39 is 0 Å². The fourth-order valence-corrected chi connectivity index (χ4v) is 3.73. The minimum Gasteiger partial charge on any atom is -0.378 e. The first-order chi connectivity index (χ1) is 11.8. The normalized spacial score (nSPS) is 26.9. The lowest BCUT2D eigenvalue weighted by atomic mass is 9.90. The van der Waals surface area contributed by atoms with E-state index in [4.69, 9.17) is 9.47 Å². The van der Waals surface area contributed by atoms with Gasteiger partial charge in [-0.05, 0) is 18.4 Å². The van der Waals surface area contributed by atoms with E-state index in [9.17, 15) is 0 Å². The van der Waals surface area contributed by atoms with Crippen LogP contribution in [-0.4, -0.2) is 41.0 Å². The van der Waals surface area contributed by atoms with Crippen LogP contribution in [0.4, 0.5) is 0 Å². The molecule has 0 aliphatic carbocycles. The molecule has 4 rings (SSSR count). The maximum absolute atomic E-state index is 6.01. The van der Waals surface area contributed by atoms with E-state index in [1.54, 1.807) is 0 Å². The number of hydrogen-bond acceptors (Lipinski definition) is 4. The highest BCUT2D eigenvalue weighted by molar-refractivity contribution is 5.15. The molecule has 5 nitrogen and oxygen atoms in total. The summed E-state index contributed by atoms with van der Waals surface area (Å²) in [5, 5.41) is 3.68. The molecule has 1 spiro atoms. The number of benzene rings is 1. The summed E-state index contributed by atoms with van der Waals surface area (Å²) < 4.78 is 13.8. The van der Waals surface area contributed by atoms with E-state index in [-0.39, 0.29) is 5.60 Å². The minimum absolute atomic E-state index is 0.0463. The van der Waals surface area contributed by atoms with Gasteiger partial charge in [-0.2, -0.15) is 0 Å². The summed E-state index contributed by atoms with van der Waals surface area (Å²) in [5.74, 6) is 1.09. The Kier molecular flexibility index (Phi) is 4.65. The van der Waals surface area contributed by atoms with Gasteiger partial charge in [-0.25, -0.2) is 4.98 Å². The zero-order chi connectivity index (χ0) is 16.2. The van der Waals surface area contributed by atoms with E-state index in [0.29, 0.717) is 6.04 Å². The van der Waals surface area contributed by atoms with Crippen molar-refractivity contribution in [2.45, 2.75) is 44.0 Å². The number of hydrogen-bond donors (Lipinski definition) is 1. The maximum Gasteiger partial charge on any atom is 0.122 e. The van der Waals surface area contributed by atoms with Gasteiger partial charge in [0, 0.05) is 44.6 Å². The highest BCUT2D eigenvalue weighted by Crippen LogP contribution is 2.32. The zero-order valence-electron chi connectivity index (χ0n) is 14.0. The molecule has 1 aromatic carbocycles. The van der Waals surface area contributed by atoms with Gasteiger partial charge in [0.05, 0.1) is 18.8 Å². The van der Waals surface area contributed by atoms with Gasteiger partial charge in [-0.1, -0.05) is 30.3 Å². The lowest BCUT2D eigenvalue weighted by Crippen LogP contribution is -2.47. The fourth-order valence-electron chi connectivity index (χ4n) is 3.73. The SMILES string of the molecule is c1ccc(Cn2ccnc2CN[C@H]2CCO[C@@]3(CCOC3)C2)cc1. The molecule has 128 valence electrons. The standard InChI is InChI=1S/C19H25N3O2/c1-2-4-16(5-3-1)14-22-9-8-20-18(22)13-21-17-6-10-24-19(12-17)7-11-23-15-19/h1-5,8-9,17,21H,6-7,10-15H2/t17-,19-/m0/s1. The van der Waals surface area contributed by atoms with Crippen LogP contribution in [-0.2, 0) is 22.6 Å². The lowest BCUT2D eigenvalue weighted by Gasteiger charge is -2.37. The number of ether oxygens (including phenoxy) is 2. The van der Waals surface area contributed by atoms with Crippen LogP contribution in [0, 0.1) is 0 Å². The second-order valence-electron chi connectivity index (χ2n) is 6.86. The summed E-state index contributed by atoms with van der Waals surface area (Å²) in [5.41, 5.74) is 1.25. The number of aromatic nitrogens is 2. The van der Waals surface area contributed by atoms with Gasteiger partial charge in [0.25, 0.3) is 0 Å². The molecule has 1 N–H and O–H groups in total. The van der Waals surface area contributed by atoms with Gasteiger partial charge in [0.2, 0.25) is 0 Å². The highest BCUT2D eigenvalue weighted by atomic mass is 16.6. The molecule has 2 saturated heterocycles. The van der Waals surface area contributed by atoms with E-state index in [2.05, 4.69) is 45.3 Å². The average Bonchev–Trinajstić information content (AvgIpc) is 3.24. The Bertz CT molecular complexity index is 650. The second kappa shape index (κ2) is 7.05. The van der Waals surface area contributed by atoms with Crippen LogP contribution in [0.25, 0.3) is 0 Å². The van der Waals surface area contributed by atoms with Crippen LogP contribution in [0.15, 0.2) is 42.7 Å². The van der Waals surface area contributed by atoms with Crippen LogP contribution < -0.4 is 5.32 Å². The first-order valence-electron chi connectivity index (χ1n) is 8.82. The van der Waals surface area contributed by atoms with Crippen molar-refractivity contribution in [1.82, 2.24) is 14.9 Å². The van der Waals surface area contributed by atoms with Crippen LogP contribution in [0.3, 0.4) is 0 Å². The van der Waals surface area contributed by atoms with Crippen molar-refractivity contribution in [3.63, 3.8) is 0 Å². The minimum atomic E-state index is -0.0463. The molecule has 0 amide bonds. The Hall–Kier alpha value is -1.69. The number of nitrogens with zero attached hydrogens (tertiary/aromatic N) is 2. The van der Waals surface area contributed by atoms with E-state index >= 15 is 0 Å². The Morgan fingerprint density at radius 3 is 3.00 bits per heavy atom. The smallest absolute Gasteiger partial charge is 0.122 e. The first-order valence-corrected chi connectivity index (χ1v) is 8.82. The number of imidazole rings is 1. The molecule has 2 aromatic rings. The molecule has 1 aromatic heterocycles. The second-order valence-corrected chi connectivity index (χ2v) is 6.86. The lowest BCUT2D eigenvalue weighted by molar-refractivity contribution is -0.0895. The molecular weight excluding hydrogens is 302 g/mol. The van der Waals surface area contributed by atoms with Crippen molar-refractivity contribution in [2.24, 2.45) is 0 Å². The van der Waals surface area contributed by atoms with Crippen LogP contribution in [0.2, 0.25) is 0 Å². The quantitative estimate of drug-likeness (QED) is 0.916. The van der Waals surface area contributed by atoms with Gasteiger partial charge in [0.1, 0.15) is 5.82 Å². The monoisotopic (exact) mass is 327 g/mol. The third-order valence-corrected chi connectivity index (χ3v) is 5.11. The molecule has 24 heavy (non-hydrogen) atoms. The van der Waals surface area contributed by atoms with Gasteiger partial charge in [-0.15, -0.1) is 0 Å². The number of rotatable bonds is 5. The Morgan fingerprint density at radius 2 is 2.17 bits per heavy atom. The van der Waals surface area contributed by atoms with E-state index in [1.807, 2.05) is 12.3 Å². The molecule has 2 atom stereocenters. The zero-order valence-corrected chi connectivity index (χ0v) is 14.0. The summed E-state index contributed by atoms with van der Waals surface area (Å²) in [4.78, 5) is 4.53. The van der Waals surface area contributed by atoms with Crippen molar-refractivity contribution in [2.75, 3.05) is 19.8 Å². The van der Waals surface area contributed by atoms with E-state index in [1.165, 1.54) is 5.56 Å². The molecule has 2 aliphatic rings. The number of nitrogens with one attached hydrogen (secondary N) is 1. The van der Waals surface area contributed by atoms with Crippen LogP contribution in [0.1, 0.15) is 30.7 Å². The van der Waals surface area contributed by atoms with Crippen molar-refractivity contribution < 1.29 is 9.47 Å². The summed E-state index contributed by atoms with van der Waals surface area (Å²) in [6, 6.07) is 11.0. The third-order valence-electron chi connectivity index (χ3n) is 5.11. The topological polar surface area (TPSA) is 48.3 Å². The Morgan fingerprint density at radius 1 is 1.25 bits per heavy atom. The fraction of sp³-hybridized carbons (Fsp3) is 0.526. The summed E-state index contributed by atoms with van der Waals surface area (Å²) in [7, 11) is 0. The van der Waals surface area contributed by atoms with Gasteiger partial charge < -0.3 is 19.4 Å². The molecule has 0 saturated carbocycles. The Labute approximate surface area is 143 Å². The largest absolute Gasteiger partial charge is 0.378 e. The van der Waals surface area contributed by atoms with Crippen LogP contribution >= 0.6 is 0 Å². The Balaban J connectivity index is 1.35. The molecule has 2 aliphatic heterocycles. The van der Waals surface area contributed by atoms with Crippen molar-refractivity contribution in [3.05, 3.63) is 54.1 Å². The third kappa shape index (κ3) is 3.53. The summed E-state index contributed by atoms with van der Waals surface area (Å²) >= 11 is 0. The molecule has 5 heteroatoms. The molecule has 0 bridgehead atoms. The maximum atomic E-state index is 6.01. The average molecular weight is 327 g/mol. The predicted molar refractivity (Wildman–Crippen MR) is 91.8 cm³/mol. The molecular formula is C19H25N3O2. The molecule has 2 fully saturated rings. The summed E-state index contributed by atoms with van der Waals surface area (Å²) in [6.07, 6.45) is 7.05. The van der Waals surface area contributed by atoms with Crippen molar-refractivity contribution in [3.8, 4) is 0 Å². The van der Waals surface area contributed by atoms with Gasteiger partial charge >= 0.3 is 0 Å². The molecule has 0 unspecified atom stereocenters. The molecule has 0 radical (unpaired) electrons. The van der Waals surface area contributed by atoms with Crippen molar-refractivity contribution >= 4 is 0 Å². The highest BCUT2D eigenvalue weighted by Gasteiger charge is 2.40. The predicted octanol–water partition coefficient (Wildman–Crippen LogP) is 2.36. The van der Waals surface area contributed by atoms with Gasteiger partial charge in [-0.3, -0.25) is 0 Å². The van der Waals surface area contributed by atoms with Crippen LogP contribution in [0.5, 0.6) is 0 Å². The van der Waals surface area contributed by atoms with Crippen molar-refractivity contribution in [1.29, 1.82) is 0 Å². The first kappa shape index (κ1) is 15.8. The van der Waals surface area contributed by atoms with Gasteiger partial charge in [0.15, 0.2) is 0 Å². The summed E-state index contributed by atoms with van der Waals surface area (Å²) in [6.45, 7) is 4.05.